The van der Waals surface area contributed by atoms with Gasteiger partial charge in [0.15, 0.2) is 23.3 Å². The molecule has 0 aliphatic heterocycles. The highest BCUT2D eigenvalue weighted by Crippen LogP contribution is 2.21. The molecular formula is C12H6BF4O2. The summed E-state index contributed by atoms with van der Waals surface area (Å²) in [6.45, 7) is 0. The third kappa shape index (κ3) is 2.99. The summed E-state index contributed by atoms with van der Waals surface area (Å²) < 4.78 is 61.3. The van der Waals surface area contributed by atoms with E-state index in [9.17, 15) is 17.6 Å². The lowest BCUT2D eigenvalue weighted by molar-refractivity contribution is 0.399. The molecule has 0 bridgehead atoms. The van der Waals surface area contributed by atoms with Crippen molar-refractivity contribution in [3.05, 3.63) is 59.7 Å². The lowest BCUT2D eigenvalue weighted by atomic mass is 10.2. The Hall–Kier alpha value is -2.18. The molecule has 0 amide bonds. The highest BCUT2D eigenvalue weighted by Gasteiger charge is 2.13. The van der Waals surface area contributed by atoms with Gasteiger partial charge in [0.2, 0.25) is 0 Å². The lowest BCUT2D eigenvalue weighted by Gasteiger charge is -2.08. The molecule has 0 atom stereocenters. The minimum Gasteiger partial charge on any atom is -0.524 e. The minimum atomic E-state index is -1.21. The van der Waals surface area contributed by atoms with Crippen molar-refractivity contribution in [3.8, 4) is 11.5 Å². The Labute approximate surface area is 106 Å². The Morgan fingerprint density at radius 1 is 0.684 bits per heavy atom. The standard InChI is InChI=1S/C12H6BF4O2/c14-7-3-1-5-9(11(7)16)18-13-19-10-6-2-4-8(15)12(10)17/h1-6H. The normalized spacial score (nSPS) is 10.1. The molecule has 0 heterocycles. The van der Waals surface area contributed by atoms with E-state index < -0.39 is 34.8 Å². The largest absolute Gasteiger partial charge is 0.658 e. The van der Waals surface area contributed by atoms with Gasteiger partial charge in [0.1, 0.15) is 11.5 Å². The quantitative estimate of drug-likeness (QED) is 0.626. The first-order chi connectivity index (χ1) is 9.09. The fourth-order valence-electron chi connectivity index (χ4n) is 1.28. The zero-order valence-corrected chi connectivity index (χ0v) is 9.37. The first-order valence-corrected chi connectivity index (χ1v) is 5.12. The predicted octanol–water partition coefficient (Wildman–Crippen LogP) is 3.24. The van der Waals surface area contributed by atoms with Gasteiger partial charge < -0.3 is 9.31 Å². The van der Waals surface area contributed by atoms with Crippen molar-refractivity contribution < 1.29 is 26.9 Å². The zero-order chi connectivity index (χ0) is 13.8. The monoisotopic (exact) mass is 269 g/mol. The Kier molecular flexibility index (Phi) is 3.94. The van der Waals surface area contributed by atoms with Crippen LogP contribution >= 0.6 is 0 Å². The summed E-state index contributed by atoms with van der Waals surface area (Å²) in [5.74, 6) is -5.47. The molecule has 2 rings (SSSR count). The molecule has 19 heavy (non-hydrogen) atoms. The molecule has 97 valence electrons. The first-order valence-electron chi connectivity index (χ1n) is 5.12. The maximum absolute atomic E-state index is 13.2. The highest BCUT2D eigenvalue weighted by atomic mass is 19.2. The second-order valence-corrected chi connectivity index (χ2v) is 3.44. The van der Waals surface area contributed by atoms with Crippen molar-refractivity contribution >= 4 is 7.69 Å². The molecular weight excluding hydrogens is 263 g/mol. The van der Waals surface area contributed by atoms with Crippen LogP contribution in [-0.4, -0.2) is 7.69 Å². The van der Waals surface area contributed by atoms with E-state index in [1.165, 1.54) is 12.1 Å². The van der Waals surface area contributed by atoms with Crippen molar-refractivity contribution in [2.45, 2.75) is 0 Å². The molecule has 0 saturated heterocycles. The number of rotatable bonds is 4. The van der Waals surface area contributed by atoms with Crippen molar-refractivity contribution in [2.24, 2.45) is 0 Å². The average Bonchev–Trinajstić information content (AvgIpc) is 2.39. The number of halogens is 4. The molecule has 0 aliphatic rings. The van der Waals surface area contributed by atoms with Crippen LogP contribution in [0.3, 0.4) is 0 Å². The highest BCUT2D eigenvalue weighted by molar-refractivity contribution is 6.20. The van der Waals surface area contributed by atoms with E-state index in [2.05, 4.69) is 9.31 Å². The van der Waals surface area contributed by atoms with Gasteiger partial charge in [-0.1, -0.05) is 12.1 Å². The van der Waals surface area contributed by atoms with E-state index in [4.69, 9.17) is 0 Å². The van der Waals surface area contributed by atoms with Crippen LogP contribution in [0.1, 0.15) is 0 Å². The van der Waals surface area contributed by atoms with Crippen LogP contribution < -0.4 is 9.31 Å². The summed E-state index contributed by atoms with van der Waals surface area (Å²) in [5, 5.41) is 0. The van der Waals surface area contributed by atoms with Crippen LogP contribution in [0.5, 0.6) is 11.5 Å². The summed E-state index contributed by atoms with van der Waals surface area (Å²) in [5.41, 5.74) is 0. The summed E-state index contributed by atoms with van der Waals surface area (Å²) >= 11 is 0. The van der Waals surface area contributed by atoms with E-state index >= 15 is 0 Å². The molecule has 0 fully saturated rings. The van der Waals surface area contributed by atoms with E-state index in [0.717, 1.165) is 24.3 Å². The molecule has 7 heteroatoms. The Balaban J connectivity index is 2.00. The summed E-state index contributed by atoms with van der Waals surface area (Å²) in [7, 11) is 0.579. The first kappa shape index (κ1) is 13.3. The summed E-state index contributed by atoms with van der Waals surface area (Å²) in [4.78, 5) is 0. The van der Waals surface area contributed by atoms with Crippen molar-refractivity contribution in [3.63, 3.8) is 0 Å². The summed E-state index contributed by atoms with van der Waals surface area (Å²) in [6.07, 6.45) is 0. The molecule has 2 nitrogen and oxygen atoms in total. The SMILES string of the molecule is Fc1cccc(O[B]Oc2cccc(F)c2F)c1F. The van der Waals surface area contributed by atoms with Crippen LogP contribution in [0, 0.1) is 23.3 Å². The van der Waals surface area contributed by atoms with Gasteiger partial charge in [-0.25, -0.2) is 8.78 Å². The van der Waals surface area contributed by atoms with Gasteiger partial charge in [-0.2, -0.15) is 8.78 Å². The van der Waals surface area contributed by atoms with Gasteiger partial charge in [0.25, 0.3) is 0 Å². The van der Waals surface area contributed by atoms with Gasteiger partial charge in [-0.05, 0) is 24.3 Å². The van der Waals surface area contributed by atoms with Crippen LogP contribution in [0.25, 0.3) is 0 Å². The van der Waals surface area contributed by atoms with Crippen LogP contribution in [0.15, 0.2) is 36.4 Å². The van der Waals surface area contributed by atoms with Gasteiger partial charge in [0.05, 0.1) is 0 Å². The van der Waals surface area contributed by atoms with Crippen molar-refractivity contribution in [1.82, 2.24) is 0 Å². The van der Waals surface area contributed by atoms with Crippen molar-refractivity contribution in [2.75, 3.05) is 0 Å². The van der Waals surface area contributed by atoms with Crippen molar-refractivity contribution in [1.29, 1.82) is 0 Å². The molecule has 0 N–H and O–H groups in total. The number of benzene rings is 2. The topological polar surface area (TPSA) is 18.5 Å². The van der Waals surface area contributed by atoms with E-state index in [1.54, 1.807) is 0 Å². The maximum atomic E-state index is 13.2. The molecule has 1 radical (unpaired) electrons. The van der Waals surface area contributed by atoms with E-state index in [1.807, 2.05) is 0 Å². The molecule has 0 saturated carbocycles. The van der Waals surface area contributed by atoms with E-state index in [0.29, 0.717) is 7.69 Å². The maximum Gasteiger partial charge on any atom is 0.658 e. The third-order valence-corrected chi connectivity index (χ3v) is 2.18. The van der Waals surface area contributed by atoms with Gasteiger partial charge in [-0.15, -0.1) is 0 Å². The molecule has 0 spiro atoms. The third-order valence-electron chi connectivity index (χ3n) is 2.18. The Bertz CT molecular complexity index is 540. The van der Waals surface area contributed by atoms with Crippen LogP contribution in [0.4, 0.5) is 17.6 Å². The lowest BCUT2D eigenvalue weighted by Crippen LogP contribution is -2.13. The van der Waals surface area contributed by atoms with E-state index in [-0.39, 0.29) is 0 Å². The van der Waals surface area contributed by atoms with Crippen LogP contribution in [0.2, 0.25) is 0 Å². The number of hydrogen-bond acceptors (Lipinski definition) is 2. The molecule has 0 aromatic heterocycles. The molecule has 0 aliphatic carbocycles. The zero-order valence-electron chi connectivity index (χ0n) is 9.37. The second-order valence-electron chi connectivity index (χ2n) is 3.44. The van der Waals surface area contributed by atoms with Crippen LogP contribution in [-0.2, 0) is 0 Å². The Morgan fingerprint density at radius 3 is 1.53 bits per heavy atom. The van der Waals surface area contributed by atoms with Gasteiger partial charge in [0, 0.05) is 0 Å². The second kappa shape index (κ2) is 5.64. The minimum absolute atomic E-state index is 0.434. The van der Waals surface area contributed by atoms with Gasteiger partial charge in [-0.3, -0.25) is 0 Å². The number of hydrogen-bond donors (Lipinski definition) is 0. The smallest absolute Gasteiger partial charge is 0.524 e. The average molecular weight is 269 g/mol. The van der Waals surface area contributed by atoms with Gasteiger partial charge >= 0.3 is 7.69 Å². The fraction of sp³-hybridized carbons (Fsp3) is 0. The predicted molar refractivity (Wildman–Crippen MR) is 59.7 cm³/mol. The molecule has 2 aromatic rings. The molecule has 2 aromatic carbocycles. The fourth-order valence-corrected chi connectivity index (χ4v) is 1.28. The molecule has 0 unspecified atom stereocenters. The summed E-state index contributed by atoms with van der Waals surface area (Å²) in [6, 6.07) is 6.58. The Morgan fingerprint density at radius 2 is 1.11 bits per heavy atom.